The molecule has 5 heteroatoms. The molecule has 1 rings (SSSR count). The quantitative estimate of drug-likeness (QED) is 0.512. The van der Waals surface area contributed by atoms with E-state index in [4.69, 9.17) is 0 Å². The molecular formula is C8H10IN3O. The lowest BCUT2D eigenvalue weighted by atomic mass is 10.3. The molecule has 1 N–H and O–H groups in total. The van der Waals surface area contributed by atoms with E-state index in [2.05, 4.69) is 37.9 Å². The first-order chi connectivity index (χ1) is 6.34. The fraction of sp³-hybridized carbons (Fsp3) is 0.375. The van der Waals surface area contributed by atoms with Crippen molar-refractivity contribution in [1.82, 2.24) is 15.3 Å². The van der Waals surface area contributed by atoms with Crippen LogP contribution in [0.1, 0.15) is 16.8 Å². The first kappa shape index (κ1) is 10.4. The zero-order valence-corrected chi connectivity index (χ0v) is 9.19. The third-order valence-electron chi connectivity index (χ3n) is 1.42. The van der Waals surface area contributed by atoms with Gasteiger partial charge in [0.25, 0.3) is 5.91 Å². The van der Waals surface area contributed by atoms with E-state index in [1.165, 1.54) is 18.7 Å². The number of amides is 1. The van der Waals surface area contributed by atoms with Gasteiger partial charge < -0.3 is 5.32 Å². The molecule has 13 heavy (non-hydrogen) atoms. The van der Waals surface area contributed by atoms with Crippen LogP contribution in [-0.2, 0) is 0 Å². The van der Waals surface area contributed by atoms with Gasteiger partial charge in [0.05, 0.1) is 5.56 Å². The number of nitrogens with one attached hydrogen (secondary N) is 1. The van der Waals surface area contributed by atoms with Crippen molar-refractivity contribution in [2.24, 2.45) is 0 Å². The van der Waals surface area contributed by atoms with Gasteiger partial charge in [-0.2, -0.15) is 0 Å². The van der Waals surface area contributed by atoms with Crippen LogP contribution in [0.15, 0.2) is 18.7 Å². The zero-order chi connectivity index (χ0) is 9.52. The summed E-state index contributed by atoms with van der Waals surface area (Å²) in [7, 11) is 0. The number of carbonyl (C=O) groups excluding carboxylic acids is 1. The Hall–Kier alpha value is -0.720. The summed E-state index contributed by atoms with van der Waals surface area (Å²) in [6.45, 7) is 0.705. The normalized spacial score (nSPS) is 9.62. The molecule has 0 bridgehead atoms. The van der Waals surface area contributed by atoms with Crippen molar-refractivity contribution in [2.45, 2.75) is 6.42 Å². The maximum Gasteiger partial charge on any atom is 0.254 e. The van der Waals surface area contributed by atoms with E-state index in [0.29, 0.717) is 12.1 Å². The second-order valence-corrected chi connectivity index (χ2v) is 3.50. The number of hydrogen-bond acceptors (Lipinski definition) is 3. The van der Waals surface area contributed by atoms with E-state index in [9.17, 15) is 4.79 Å². The summed E-state index contributed by atoms with van der Waals surface area (Å²) in [6, 6.07) is 0. The molecule has 0 aliphatic rings. The van der Waals surface area contributed by atoms with E-state index in [1.54, 1.807) is 0 Å². The van der Waals surface area contributed by atoms with Crippen molar-refractivity contribution in [3.8, 4) is 0 Å². The number of hydrogen-bond donors (Lipinski definition) is 1. The Morgan fingerprint density at radius 3 is 2.77 bits per heavy atom. The topological polar surface area (TPSA) is 54.9 Å². The highest BCUT2D eigenvalue weighted by molar-refractivity contribution is 14.1. The van der Waals surface area contributed by atoms with Crippen molar-refractivity contribution in [2.75, 3.05) is 11.0 Å². The first-order valence-electron chi connectivity index (χ1n) is 3.94. The SMILES string of the molecule is O=C(NCCCI)c1cncnc1. The predicted octanol–water partition coefficient (Wildman–Crippen LogP) is 1.03. The monoisotopic (exact) mass is 291 g/mol. The highest BCUT2D eigenvalue weighted by Gasteiger charge is 2.03. The second-order valence-electron chi connectivity index (χ2n) is 2.43. The molecule has 70 valence electrons. The van der Waals surface area contributed by atoms with Gasteiger partial charge in [0.1, 0.15) is 6.33 Å². The fourth-order valence-electron chi connectivity index (χ4n) is 0.787. The van der Waals surface area contributed by atoms with Crippen LogP contribution in [0.5, 0.6) is 0 Å². The van der Waals surface area contributed by atoms with Gasteiger partial charge in [-0.3, -0.25) is 4.79 Å². The summed E-state index contributed by atoms with van der Waals surface area (Å²) in [5, 5.41) is 2.78. The third-order valence-corrected chi connectivity index (χ3v) is 2.18. The summed E-state index contributed by atoms with van der Waals surface area (Å²) < 4.78 is 1.04. The molecule has 1 heterocycles. The average Bonchev–Trinajstić information content (AvgIpc) is 2.19. The molecule has 0 fully saturated rings. The summed E-state index contributed by atoms with van der Waals surface area (Å²) in [5.74, 6) is -0.106. The van der Waals surface area contributed by atoms with Crippen LogP contribution in [0.3, 0.4) is 0 Å². The van der Waals surface area contributed by atoms with Gasteiger partial charge in [-0.1, -0.05) is 22.6 Å². The highest BCUT2D eigenvalue weighted by Crippen LogP contribution is 1.93. The van der Waals surface area contributed by atoms with Gasteiger partial charge >= 0.3 is 0 Å². The van der Waals surface area contributed by atoms with Gasteiger partial charge in [-0.15, -0.1) is 0 Å². The van der Waals surface area contributed by atoms with Crippen LogP contribution in [0.2, 0.25) is 0 Å². The molecule has 0 radical (unpaired) electrons. The second kappa shape index (κ2) is 5.85. The minimum atomic E-state index is -0.106. The van der Waals surface area contributed by atoms with E-state index >= 15 is 0 Å². The standard InChI is InChI=1S/C8H10IN3O/c9-2-1-3-12-8(13)7-4-10-6-11-5-7/h4-6H,1-3H2,(H,12,13). The van der Waals surface area contributed by atoms with Crippen molar-refractivity contribution < 1.29 is 4.79 Å². The first-order valence-corrected chi connectivity index (χ1v) is 5.46. The van der Waals surface area contributed by atoms with Crippen LogP contribution in [0.4, 0.5) is 0 Å². The van der Waals surface area contributed by atoms with Crippen LogP contribution in [0, 0.1) is 0 Å². The molecule has 0 saturated carbocycles. The van der Waals surface area contributed by atoms with Gasteiger partial charge in [-0.25, -0.2) is 9.97 Å². The van der Waals surface area contributed by atoms with Gasteiger partial charge in [0.2, 0.25) is 0 Å². The molecule has 0 atom stereocenters. The molecule has 0 spiro atoms. The molecule has 0 saturated heterocycles. The number of halogens is 1. The van der Waals surface area contributed by atoms with Crippen molar-refractivity contribution in [1.29, 1.82) is 0 Å². The lowest BCUT2D eigenvalue weighted by Gasteiger charge is -2.01. The number of aromatic nitrogens is 2. The Bertz CT molecular complexity index is 265. The smallest absolute Gasteiger partial charge is 0.254 e. The molecular weight excluding hydrogens is 281 g/mol. The Balaban J connectivity index is 2.40. The summed E-state index contributed by atoms with van der Waals surface area (Å²) >= 11 is 2.27. The minimum Gasteiger partial charge on any atom is -0.352 e. The molecule has 0 unspecified atom stereocenters. The molecule has 0 aliphatic heterocycles. The molecule has 1 amide bonds. The number of carbonyl (C=O) groups is 1. The lowest BCUT2D eigenvalue weighted by Crippen LogP contribution is -2.24. The van der Waals surface area contributed by atoms with Crippen molar-refractivity contribution in [3.05, 3.63) is 24.3 Å². The number of nitrogens with zero attached hydrogens (tertiary/aromatic N) is 2. The molecule has 0 aromatic carbocycles. The Morgan fingerprint density at radius 2 is 2.15 bits per heavy atom. The maximum atomic E-state index is 11.3. The third kappa shape index (κ3) is 3.67. The molecule has 0 aliphatic carbocycles. The Labute approximate surface area is 90.3 Å². The van der Waals surface area contributed by atoms with Crippen molar-refractivity contribution >= 4 is 28.5 Å². The highest BCUT2D eigenvalue weighted by atomic mass is 127. The van der Waals surface area contributed by atoms with Crippen LogP contribution in [0.25, 0.3) is 0 Å². The van der Waals surface area contributed by atoms with Gasteiger partial charge in [0, 0.05) is 23.4 Å². The van der Waals surface area contributed by atoms with Crippen LogP contribution >= 0.6 is 22.6 Å². The van der Waals surface area contributed by atoms with E-state index in [0.717, 1.165) is 10.8 Å². The number of rotatable bonds is 4. The molecule has 1 aromatic heterocycles. The summed E-state index contributed by atoms with van der Waals surface area (Å²) in [5.41, 5.74) is 0.510. The predicted molar refractivity (Wildman–Crippen MR) is 57.9 cm³/mol. The zero-order valence-electron chi connectivity index (χ0n) is 7.03. The van der Waals surface area contributed by atoms with Crippen LogP contribution < -0.4 is 5.32 Å². The maximum absolute atomic E-state index is 11.3. The van der Waals surface area contributed by atoms with Gasteiger partial charge in [0.15, 0.2) is 0 Å². The number of alkyl halides is 1. The van der Waals surface area contributed by atoms with Crippen LogP contribution in [-0.4, -0.2) is 26.8 Å². The fourth-order valence-corrected chi connectivity index (χ4v) is 1.17. The van der Waals surface area contributed by atoms with E-state index in [-0.39, 0.29) is 5.91 Å². The van der Waals surface area contributed by atoms with E-state index in [1.807, 2.05) is 0 Å². The Morgan fingerprint density at radius 1 is 1.46 bits per heavy atom. The summed E-state index contributed by atoms with van der Waals surface area (Å²) in [6.07, 6.45) is 5.40. The largest absolute Gasteiger partial charge is 0.352 e. The molecule has 1 aromatic rings. The lowest BCUT2D eigenvalue weighted by molar-refractivity contribution is 0.0953. The minimum absolute atomic E-state index is 0.106. The Kier molecular flexibility index (Phi) is 4.66. The average molecular weight is 291 g/mol. The summed E-state index contributed by atoms with van der Waals surface area (Å²) in [4.78, 5) is 18.8. The van der Waals surface area contributed by atoms with E-state index < -0.39 is 0 Å². The van der Waals surface area contributed by atoms with Gasteiger partial charge in [-0.05, 0) is 6.42 Å². The molecule has 4 nitrogen and oxygen atoms in total. The van der Waals surface area contributed by atoms with Crippen molar-refractivity contribution in [3.63, 3.8) is 0 Å².